The van der Waals surface area contributed by atoms with Crippen LogP contribution in [0.2, 0.25) is 0 Å². The normalized spacial score (nSPS) is 10.6. The van der Waals surface area contributed by atoms with Gasteiger partial charge < -0.3 is 14.8 Å². The second-order valence-corrected chi connectivity index (χ2v) is 3.40. The summed E-state index contributed by atoms with van der Waals surface area (Å²) in [5.74, 6) is 1.31. The second kappa shape index (κ2) is 4.76. The molecule has 2 N–H and O–H groups in total. The number of hydrogen-bond acceptors (Lipinski definition) is 4. The third-order valence-corrected chi connectivity index (χ3v) is 2.26. The Kier molecular flexibility index (Phi) is 3.16. The number of nitrogens with one attached hydrogen (secondary N) is 1. The van der Waals surface area contributed by atoms with Gasteiger partial charge in [0.2, 0.25) is 0 Å². The number of rotatable bonds is 5. The number of H-pyrrole nitrogens is 1. The van der Waals surface area contributed by atoms with E-state index < -0.39 is 0 Å². The maximum Gasteiger partial charge on any atom is 0.298 e. The molecule has 0 fully saturated rings. The van der Waals surface area contributed by atoms with E-state index in [9.17, 15) is 4.79 Å². The van der Waals surface area contributed by atoms with E-state index >= 15 is 0 Å². The molecule has 0 unspecified atom stereocenters. The smallest absolute Gasteiger partial charge is 0.298 e. The van der Waals surface area contributed by atoms with Gasteiger partial charge in [0.05, 0.1) is 11.0 Å². The van der Waals surface area contributed by atoms with Gasteiger partial charge in [-0.1, -0.05) is 0 Å². The van der Waals surface area contributed by atoms with Crippen molar-refractivity contribution in [3.05, 3.63) is 24.0 Å². The molecule has 0 amide bonds. The van der Waals surface area contributed by atoms with E-state index in [-0.39, 0.29) is 6.61 Å². The third kappa shape index (κ3) is 2.20. The Morgan fingerprint density at radius 2 is 2.38 bits per heavy atom. The molecule has 0 saturated heterocycles. The number of aliphatic hydroxyl groups is 1. The zero-order valence-electron chi connectivity index (χ0n) is 8.64. The number of hydrogen-bond donors (Lipinski definition) is 2. The first-order valence-electron chi connectivity index (χ1n) is 5.03. The fourth-order valence-electron chi connectivity index (χ4n) is 1.54. The summed E-state index contributed by atoms with van der Waals surface area (Å²) in [5.41, 5.74) is 1.65. The average molecular weight is 220 g/mol. The first kappa shape index (κ1) is 10.6. The molecular weight excluding hydrogens is 208 g/mol. The molecule has 16 heavy (non-hydrogen) atoms. The number of aromatic amines is 1. The van der Waals surface area contributed by atoms with Gasteiger partial charge in [-0.2, -0.15) is 0 Å². The highest BCUT2D eigenvalue weighted by Gasteiger charge is 2.03. The van der Waals surface area contributed by atoms with Crippen LogP contribution < -0.4 is 4.74 Å². The molecule has 0 radical (unpaired) electrons. The molecule has 0 aliphatic carbocycles. The van der Waals surface area contributed by atoms with Gasteiger partial charge in [0.1, 0.15) is 11.6 Å². The number of aromatic nitrogens is 2. The molecule has 0 atom stereocenters. The predicted molar refractivity (Wildman–Crippen MR) is 58.2 cm³/mol. The molecule has 5 heteroatoms. The second-order valence-electron chi connectivity index (χ2n) is 3.40. The molecule has 1 heterocycles. The van der Waals surface area contributed by atoms with Crippen molar-refractivity contribution >= 4 is 17.5 Å². The van der Waals surface area contributed by atoms with Crippen molar-refractivity contribution in [2.24, 2.45) is 0 Å². The van der Waals surface area contributed by atoms with Crippen LogP contribution in [0.4, 0.5) is 0 Å². The Bertz CT molecular complexity index is 493. The van der Waals surface area contributed by atoms with Crippen molar-refractivity contribution in [3.8, 4) is 5.75 Å². The van der Waals surface area contributed by atoms with E-state index in [0.717, 1.165) is 16.9 Å². The van der Waals surface area contributed by atoms with Crippen molar-refractivity contribution in [1.29, 1.82) is 0 Å². The van der Waals surface area contributed by atoms with Gasteiger partial charge in [-0.15, -0.1) is 0 Å². The van der Waals surface area contributed by atoms with Gasteiger partial charge in [-0.3, -0.25) is 4.79 Å². The number of aliphatic hydroxyl groups excluding tert-OH is 1. The molecule has 1 aromatic carbocycles. The summed E-state index contributed by atoms with van der Waals surface area (Å²) in [6, 6.07) is 5.19. The summed E-state index contributed by atoms with van der Waals surface area (Å²) < 4.78 is 4.74. The van der Waals surface area contributed by atoms with Crippen molar-refractivity contribution in [1.82, 2.24) is 9.97 Å². The first-order valence-corrected chi connectivity index (χ1v) is 5.03. The topological polar surface area (TPSA) is 75.2 Å². The van der Waals surface area contributed by atoms with Crippen LogP contribution in [0.1, 0.15) is 12.2 Å². The fourth-order valence-corrected chi connectivity index (χ4v) is 1.54. The summed E-state index contributed by atoms with van der Waals surface area (Å²) in [4.78, 5) is 17.6. The third-order valence-electron chi connectivity index (χ3n) is 2.26. The van der Waals surface area contributed by atoms with Crippen LogP contribution in [0.15, 0.2) is 18.2 Å². The molecule has 0 spiro atoms. The van der Waals surface area contributed by atoms with Crippen LogP contribution in [0.3, 0.4) is 0 Å². The van der Waals surface area contributed by atoms with E-state index in [0.29, 0.717) is 25.1 Å². The summed E-state index contributed by atoms with van der Waals surface area (Å²) in [7, 11) is 0. The van der Waals surface area contributed by atoms with Crippen LogP contribution in [-0.4, -0.2) is 28.2 Å². The van der Waals surface area contributed by atoms with Crippen LogP contribution >= 0.6 is 0 Å². The molecule has 0 aliphatic rings. The molecule has 0 aliphatic heterocycles. The standard InChI is InChI=1S/C11H12N2O3/c14-5-1-2-11-12-9-4-3-8(16-7-15)6-10(9)13-11/h3-4,6-7,14H,1-2,5H2,(H,12,13). The number of carbonyl (C=O) groups excluding carboxylic acids is 1. The quantitative estimate of drug-likeness (QED) is 0.738. The van der Waals surface area contributed by atoms with E-state index in [4.69, 9.17) is 9.84 Å². The van der Waals surface area contributed by atoms with Crippen LogP contribution in [-0.2, 0) is 11.2 Å². The number of fused-ring (bicyclic) bond motifs is 1. The predicted octanol–water partition coefficient (Wildman–Crippen LogP) is 1.02. The minimum absolute atomic E-state index is 0.149. The zero-order chi connectivity index (χ0) is 11.4. The highest BCUT2D eigenvalue weighted by molar-refractivity contribution is 5.77. The number of carbonyl (C=O) groups is 1. The summed E-state index contributed by atoms with van der Waals surface area (Å²) in [6.45, 7) is 0.542. The van der Waals surface area contributed by atoms with Crippen molar-refractivity contribution in [2.45, 2.75) is 12.8 Å². The molecule has 0 saturated carbocycles. The Morgan fingerprint density at radius 3 is 3.12 bits per heavy atom. The van der Waals surface area contributed by atoms with E-state index in [2.05, 4.69) is 9.97 Å². The Labute approximate surface area is 92.1 Å². The van der Waals surface area contributed by atoms with Gasteiger partial charge in [0.15, 0.2) is 0 Å². The number of aryl methyl sites for hydroxylation is 1. The average Bonchev–Trinajstić information content (AvgIpc) is 2.68. The minimum atomic E-state index is 0.149. The van der Waals surface area contributed by atoms with Crippen LogP contribution in [0.25, 0.3) is 11.0 Å². The summed E-state index contributed by atoms with van der Waals surface area (Å²) in [5, 5.41) is 8.72. The largest absolute Gasteiger partial charge is 0.429 e. The Hall–Kier alpha value is -1.88. The Morgan fingerprint density at radius 1 is 1.50 bits per heavy atom. The van der Waals surface area contributed by atoms with Gasteiger partial charge in [-0.25, -0.2) is 4.98 Å². The Balaban J connectivity index is 2.26. The van der Waals surface area contributed by atoms with Crippen molar-refractivity contribution < 1.29 is 14.6 Å². The summed E-state index contributed by atoms with van der Waals surface area (Å²) >= 11 is 0. The molecule has 2 aromatic rings. The minimum Gasteiger partial charge on any atom is -0.429 e. The molecular formula is C11H12N2O3. The zero-order valence-corrected chi connectivity index (χ0v) is 8.64. The van der Waals surface area contributed by atoms with Gasteiger partial charge in [0.25, 0.3) is 6.47 Å². The lowest BCUT2D eigenvalue weighted by atomic mass is 10.3. The molecule has 0 bridgehead atoms. The van der Waals surface area contributed by atoms with E-state index in [1.165, 1.54) is 0 Å². The van der Waals surface area contributed by atoms with E-state index in [1.807, 2.05) is 0 Å². The molecule has 1 aromatic heterocycles. The first-order chi connectivity index (χ1) is 7.83. The van der Waals surface area contributed by atoms with Gasteiger partial charge >= 0.3 is 0 Å². The van der Waals surface area contributed by atoms with Crippen LogP contribution in [0.5, 0.6) is 5.75 Å². The highest BCUT2D eigenvalue weighted by Crippen LogP contribution is 2.19. The number of imidazole rings is 1. The number of nitrogens with zero attached hydrogens (tertiary/aromatic N) is 1. The molecule has 84 valence electrons. The summed E-state index contributed by atoms with van der Waals surface area (Å²) in [6.07, 6.45) is 1.38. The molecule has 2 rings (SSSR count). The maximum atomic E-state index is 10.2. The highest BCUT2D eigenvalue weighted by atomic mass is 16.5. The molecule has 5 nitrogen and oxygen atoms in total. The van der Waals surface area contributed by atoms with Gasteiger partial charge in [0, 0.05) is 19.1 Å². The SMILES string of the molecule is O=COc1ccc2nc(CCCO)[nH]c2c1. The monoisotopic (exact) mass is 220 g/mol. The van der Waals surface area contributed by atoms with Gasteiger partial charge in [-0.05, 0) is 18.6 Å². The lowest BCUT2D eigenvalue weighted by molar-refractivity contribution is -0.120. The van der Waals surface area contributed by atoms with Crippen molar-refractivity contribution in [3.63, 3.8) is 0 Å². The van der Waals surface area contributed by atoms with Crippen molar-refractivity contribution in [2.75, 3.05) is 6.61 Å². The number of benzene rings is 1. The number of ether oxygens (including phenoxy) is 1. The lowest BCUT2D eigenvalue weighted by Crippen LogP contribution is -1.90. The maximum absolute atomic E-state index is 10.2. The van der Waals surface area contributed by atoms with Crippen LogP contribution in [0, 0.1) is 0 Å². The fraction of sp³-hybridized carbons (Fsp3) is 0.273. The lowest BCUT2D eigenvalue weighted by Gasteiger charge is -1.95. The van der Waals surface area contributed by atoms with E-state index in [1.54, 1.807) is 18.2 Å².